The second kappa shape index (κ2) is 4.56. The van der Waals surface area contributed by atoms with E-state index in [9.17, 15) is 8.42 Å². The lowest BCUT2D eigenvalue weighted by Crippen LogP contribution is -2.46. The van der Waals surface area contributed by atoms with Gasteiger partial charge in [0.1, 0.15) is 0 Å². The Morgan fingerprint density at radius 1 is 1.14 bits per heavy atom. The molecule has 0 spiro atoms. The number of nitrogens with one attached hydrogen (secondary N) is 1. The number of hydrogen-bond donors (Lipinski definition) is 1. The molecule has 21 heavy (non-hydrogen) atoms. The van der Waals surface area contributed by atoms with Crippen LogP contribution in [-0.4, -0.2) is 14.5 Å². The van der Waals surface area contributed by atoms with E-state index in [0.717, 1.165) is 18.4 Å². The van der Waals surface area contributed by atoms with Gasteiger partial charge in [0.2, 0.25) is 10.0 Å². The molecule has 2 aliphatic rings. The first-order chi connectivity index (χ1) is 9.67. The smallest absolute Gasteiger partial charge is 0.207 e. The normalized spacial score (nSPS) is 34.3. The second-order valence-electron chi connectivity index (χ2n) is 7.60. The predicted molar refractivity (Wildman–Crippen MR) is 84.5 cm³/mol. The lowest BCUT2D eigenvalue weighted by atomic mass is 9.69. The minimum atomic E-state index is -3.42. The number of benzene rings is 1. The molecule has 3 rings (SSSR count). The standard InChI is InChI=1S/C17H25NO2S/c1-12-5-7-14(8-6-12)21(19,20)18-15-11-13-9-10-17(15,4)16(13,2)3/h5-8,13,15,18H,9-11H2,1-4H3/t13-,15-,17-/m0/s1. The van der Waals surface area contributed by atoms with Crippen molar-refractivity contribution in [3.63, 3.8) is 0 Å². The van der Waals surface area contributed by atoms with Gasteiger partial charge < -0.3 is 0 Å². The molecule has 2 bridgehead atoms. The van der Waals surface area contributed by atoms with Crippen molar-refractivity contribution in [1.82, 2.24) is 4.72 Å². The Hall–Kier alpha value is -0.870. The highest BCUT2D eigenvalue weighted by Gasteiger charge is 2.61. The van der Waals surface area contributed by atoms with Gasteiger partial charge in [0.15, 0.2) is 0 Å². The van der Waals surface area contributed by atoms with Crippen molar-refractivity contribution in [1.29, 1.82) is 0 Å². The predicted octanol–water partition coefficient (Wildman–Crippen LogP) is 3.49. The summed E-state index contributed by atoms with van der Waals surface area (Å²) in [5, 5.41) is 0. The quantitative estimate of drug-likeness (QED) is 0.929. The molecule has 0 amide bonds. The molecule has 2 aliphatic carbocycles. The molecule has 116 valence electrons. The molecule has 0 aromatic heterocycles. The maximum atomic E-state index is 12.6. The van der Waals surface area contributed by atoms with Crippen LogP contribution in [0.3, 0.4) is 0 Å². The van der Waals surface area contributed by atoms with Crippen molar-refractivity contribution in [2.24, 2.45) is 16.7 Å². The summed E-state index contributed by atoms with van der Waals surface area (Å²) in [5.41, 5.74) is 1.35. The Morgan fingerprint density at radius 3 is 2.24 bits per heavy atom. The van der Waals surface area contributed by atoms with Crippen molar-refractivity contribution in [2.45, 2.75) is 57.9 Å². The molecule has 0 aliphatic heterocycles. The molecule has 3 nitrogen and oxygen atoms in total. The molecule has 2 saturated carbocycles. The van der Waals surface area contributed by atoms with Gasteiger partial charge in [0, 0.05) is 6.04 Å². The molecule has 0 unspecified atom stereocenters. The molecule has 3 atom stereocenters. The van der Waals surface area contributed by atoms with E-state index >= 15 is 0 Å². The number of hydrogen-bond acceptors (Lipinski definition) is 2. The summed E-state index contributed by atoms with van der Waals surface area (Å²) in [6.07, 6.45) is 3.31. The largest absolute Gasteiger partial charge is 0.240 e. The van der Waals surface area contributed by atoms with Crippen molar-refractivity contribution in [3.8, 4) is 0 Å². The Morgan fingerprint density at radius 2 is 1.76 bits per heavy atom. The van der Waals surface area contributed by atoms with Crippen LogP contribution in [0.5, 0.6) is 0 Å². The van der Waals surface area contributed by atoms with E-state index in [0.29, 0.717) is 10.8 Å². The van der Waals surface area contributed by atoms with Crippen LogP contribution in [-0.2, 0) is 10.0 Å². The Balaban J connectivity index is 1.86. The summed E-state index contributed by atoms with van der Waals surface area (Å²) < 4.78 is 28.2. The Labute approximate surface area is 128 Å². The minimum absolute atomic E-state index is 0.0533. The van der Waals surface area contributed by atoms with Crippen LogP contribution in [0.4, 0.5) is 0 Å². The van der Waals surface area contributed by atoms with Gasteiger partial charge in [-0.15, -0.1) is 0 Å². The summed E-state index contributed by atoms with van der Waals surface area (Å²) in [7, 11) is -3.42. The van der Waals surface area contributed by atoms with Crippen molar-refractivity contribution in [3.05, 3.63) is 29.8 Å². The van der Waals surface area contributed by atoms with Crippen LogP contribution in [0.25, 0.3) is 0 Å². The third-order valence-corrected chi connectivity index (χ3v) is 7.91. The van der Waals surface area contributed by atoms with Crippen LogP contribution in [0.15, 0.2) is 29.2 Å². The lowest BCUT2D eigenvalue weighted by Gasteiger charge is -2.39. The van der Waals surface area contributed by atoms with Crippen molar-refractivity contribution < 1.29 is 8.42 Å². The van der Waals surface area contributed by atoms with E-state index < -0.39 is 10.0 Å². The minimum Gasteiger partial charge on any atom is -0.207 e. The first kappa shape index (κ1) is 15.0. The molecule has 1 aromatic carbocycles. The van der Waals surface area contributed by atoms with Gasteiger partial charge >= 0.3 is 0 Å². The highest BCUT2D eigenvalue weighted by Crippen LogP contribution is 2.65. The Kier molecular flexibility index (Phi) is 3.27. The zero-order valence-electron chi connectivity index (χ0n) is 13.3. The van der Waals surface area contributed by atoms with E-state index in [2.05, 4.69) is 25.5 Å². The maximum Gasteiger partial charge on any atom is 0.240 e. The van der Waals surface area contributed by atoms with Gasteiger partial charge in [-0.2, -0.15) is 0 Å². The molecule has 1 N–H and O–H groups in total. The summed E-state index contributed by atoms with van der Waals surface area (Å²) in [5.74, 6) is 0.633. The van der Waals surface area contributed by atoms with E-state index in [1.165, 1.54) is 6.42 Å². The molecular weight excluding hydrogens is 282 g/mol. The highest BCUT2D eigenvalue weighted by atomic mass is 32.2. The van der Waals surface area contributed by atoms with Gasteiger partial charge in [-0.25, -0.2) is 13.1 Å². The van der Waals surface area contributed by atoms with E-state index in [1.54, 1.807) is 12.1 Å². The number of rotatable bonds is 3. The molecule has 2 fully saturated rings. The van der Waals surface area contributed by atoms with Crippen molar-refractivity contribution >= 4 is 10.0 Å². The zero-order valence-corrected chi connectivity index (χ0v) is 14.1. The average Bonchev–Trinajstić information content (AvgIpc) is 2.72. The number of fused-ring (bicyclic) bond motifs is 2. The van der Waals surface area contributed by atoms with E-state index in [4.69, 9.17) is 0 Å². The van der Waals surface area contributed by atoms with Crippen LogP contribution >= 0.6 is 0 Å². The van der Waals surface area contributed by atoms with Crippen LogP contribution < -0.4 is 4.72 Å². The first-order valence-corrected chi connectivity index (χ1v) is 9.24. The van der Waals surface area contributed by atoms with Crippen LogP contribution in [0, 0.1) is 23.7 Å². The van der Waals surface area contributed by atoms with Gasteiger partial charge in [-0.05, 0) is 55.1 Å². The number of sulfonamides is 1. The summed E-state index contributed by atoms with van der Waals surface area (Å²) in [6.45, 7) is 8.81. The number of aryl methyl sites for hydroxylation is 1. The van der Waals surface area contributed by atoms with Crippen LogP contribution in [0.1, 0.15) is 45.6 Å². The third kappa shape index (κ3) is 2.15. The van der Waals surface area contributed by atoms with Gasteiger partial charge in [0.05, 0.1) is 4.90 Å². The highest BCUT2D eigenvalue weighted by molar-refractivity contribution is 7.89. The third-order valence-electron chi connectivity index (χ3n) is 6.42. The maximum absolute atomic E-state index is 12.6. The average molecular weight is 307 g/mol. The first-order valence-electron chi connectivity index (χ1n) is 7.76. The van der Waals surface area contributed by atoms with E-state index in [1.807, 2.05) is 19.1 Å². The summed E-state index contributed by atoms with van der Waals surface area (Å²) in [4.78, 5) is 0.372. The molecule has 0 saturated heterocycles. The second-order valence-corrected chi connectivity index (χ2v) is 9.31. The molecule has 0 heterocycles. The fraction of sp³-hybridized carbons (Fsp3) is 0.647. The van der Waals surface area contributed by atoms with Crippen molar-refractivity contribution in [2.75, 3.05) is 0 Å². The monoisotopic (exact) mass is 307 g/mol. The fourth-order valence-corrected chi connectivity index (χ4v) is 5.72. The molecule has 1 aromatic rings. The summed E-state index contributed by atoms with van der Waals surface area (Å²) in [6, 6.07) is 7.14. The van der Waals surface area contributed by atoms with Gasteiger partial charge in [0.25, 0.3) is 0 Å². The topological polar surface area (TPSA) is 46.2 Å². The molecule has 0 radical (unpaired) electrons. The molecule has 4 heteroatoms. The van der Waals surface area contributed by atoms with Gasteiger partial charge in [-0.3, -0.25) is 0 Å². The fourth-order valence-electron chi connectivity index (χ4n) is 4.35. The van der Waals surface area contributed by atoms with E-state index in [-0.39, 0.29) is 16.9 Å². The van der Waals surface area contributed by atoms with Crippen LogP contribution in [0.2, 0.25) is 0 Å². The zero-order chi connectivity index (χ0) is 15.5. The SMILES string of the molecule is Cc1ccc(S(=O)(=O)N[C@H]2C[C@@H]3CC[C@]2(C)C3(C)C)cc1. The lowest BCUT2D eigenvalue weighted by molar-refractivity contribution is 0.130. The molecular formula is C17H25NO2S. The Bertz CT molecular complexity index is 648. The van der Waals surface area contributed by atoms with Gasteiger partial charge in [-0.1, -0.05) is 38.5 Å². The summed E-state index contributed by atoms with van der Waals surface area (Å²) >= 11 is 0.